The number of hydrogen-bond donors (Lipinski definition) is 0. The fraction of sp³-hybridized carbons (Fsp3) is 0.524. The Balaban J connectivity index is 1.71. The van der Waals surface area contributed by atoms with Crippen molar-refractivity contribution in [2.45, 2.75) is 38.6 Å². The second-order valence-electron chi connectivity index (χ2n) is 8.20. The predicted molar refractivity (Wildman–Crippen MR) is 114 cm³/mol. The van der Waals surface area contributed by atoms with E-state index in [9.17, 15) is 9.59 Å². The molecule has 2 fully saturated rings. The first-order valence-corrected chi connectivity index (χ1v) is 10.5. The Morgan fingerprint density at radius 2 is 1.80 bits per heavy atom. The normalized spacial score (nSPS) is 27.6. The summed E-state index contributed by atoms with van der Waals surface area (Å²) in [5.41, 5.74) is 0.909. The van der Waals surface area contributed by atoms with Crippen molar-refractivity contribution in [3.63, 3.8) is 0 Å². The van der Waals surface area contributed by atoms with Crippen molar-refractivity contribution >= 4 is 35.2 Å². The number of nitrogens with zero attached hydrogens (tertiary/aromatic N) is 5. The highest BCUT2D eigenvalue weighted by molar-refractivity contribution is 6.31. The van der Waals surface area contributed by atoms with Gasteiger partial charge in [0.25, 0.3) is 17.8 Å². The minimum atomic E-state index is -0.639. The van der Waals surface area contributed by atoms with Gasteiger partial charge in [-0.3, -0.25) is 19.5 Å². The lowest BCUT2D eigenvalue weighted by Crippen LogP contribution is -2.61. The second-order valence-corrected chi connectivity index (χ2v) is 8.61. The largest absolute Gasteiger partial charge is 0.373 e. The lowest BCUT2D eigenvalue weighted by atomic mass is 10.1. The van der Waals surface area contributed by atoms with Crippen LogP contribution in [0.3, 0.4) is 0 Å². The third-order valence-electron chi connectivity index (χ3n) is 5.77. The van der Waals surface area contributed by atoms with E-state index in [1.165, 1.54) is 11.9 Å². The number of rotatable bonds is 4. The zero-order valence-electron chi connectivity index (χ0n) is 17.7. The van der Waals surface area contributed by atoms with Gasteiger partial charge in [0.1, 0.15) is 13.1 Å². The van der Waals surface area contributed by atoms with E-state index in [0.717, 1.165) is 29.4 Å². The van der Waals surface area contributed by atoms with Gasteiger partial charge < -0.3 is 4.74 Å². The summed E-state index contributed by atoms with van der Waals surface area (Å²) in [5, 5.41) is 0.639. The molecule has 0 bridgehead atoms. The molecule has 1 aromatic carbocycles. The number of amides is 3. The predicted octanol–water partition coefficient (Wildman–Crippen LogP) is 1.66. The van der Waals surface area contributed by atoms with Gasteiger partial charge >= 0.3 is 11.9 Å². The lowest BCUT2D eigenvalue weighted by molar-refractivity contribution is -0.552. The second kappa shape index (κ2) is 8.09. The van der Waals surface area contributed by atoms with Crippen LogP contribution in [0, 0.1) is 0 Å². The highest BCUT2D eigenvalue weighted by Gasteiger charge is 2.53. The molecule has 4 rings (SSSR count). The number of urea groups is 1. The molecule has 0 aliphatic carbocycles. The molecule has 0 radical (unpaired) electrons. The van der Waals surface area contributed by atoms with Gasteiger partial charge in [-0.25, -0.2) is 9.37 Å². The van der Waals surface area contributed by atoms with Crippen LogP contribution in [0.1, 0.15) is 19.4 Å². The highest BCUT2D eigenvalue weighted by Crippen LogP contribution is 2.24. The topological polar surface area (TPSA) is 68.5 Å². The summed E-state index contributed by atoms with van der Waals surface area (Å²) in [6.07, 6.45) is 0.249. The summed E-state index contributed by atoms with van der Waals surface area (Å²) in [7, 11) is 3.17. The van der Waals surface area contributed by atoms with Crippen LogP contribution >= 0.6 is 11.6 Å². The minimum absolute atomic E-state index is 0.125. The summed E-state index contributed by atoms with van der Waals surface area (Å²) in [5.74, 6) is 0.960. The monoisotopic (exact) mass is 432 g/mol. The van der Waals surface area contributed by atoms with Crippen molar-refractivity contribution in [1.82, 2.24) is 14.7 Å². The van der Waals surface area contributed by atoms with E-state index >= 15 is 0 Å². The maximum absolute atomic E-state index is 13.1. The van der Waals surface area contributed by atoms with Crippen LogP contribution in [0.4, 0.5) is 4.79 Å². The van der Waals surface area contributed by atoms with Crippen molar-refractivity contribution in [2.24, 2.45) is 4.99 Å². The lowest BCUT2D eigenvalue weighted by Gasteiger charge is -2.34. The number of ether oxygens (including phenoxy) is 1. The van der Waals surface area contributed by atoms with E-state index in [0.29, 0.717) is 23.9 Å². The Bertz CT molecular complexity index is 936. The molecule has 2 saturated heterocycles. The van der Waals surface area contributed by atoms with Crippen molar-refractivity contribution in [3.8, 4) is 0 Å². The first-order valence-electron chi connectivity index (χ1n) is 10.1. The number of morpholine rings is 1. The maximum atomic E-state index is 13.1. The molecule has 3 heterocycles. The summed E-state index contributed by atoms with van der Waals surface area (Å²) >= 11 is 6.41. The first kappa shape index (κ1) is 21.0. The smallest absolute Gasteiger partial charge is 0.333 e. The SMILES string of the molecule is CC1CN(CC2=[N+](Cc3ccccc3Cl)C3C(=O)N(C)C(=O)N(C)C3=N2)CC(C)O1. The Kier molecular flexibility index (Phi) is 5.65. The third-order valence-corrected chi connectivity index (χ3v) is 6.14. The Morgan fingerprint density at radius 1 is 1.13 bits per heavy atom. The number of aliphatic imine (C=N–C) groups is 1. The van der Waals surface area contributed by atoms with Crippen LogP contribution in [0.2, 0.25) is 5.02 Å². The van der Waals surface area contributed by atoms with E-state index in [1.807, 2.05) is 28.8 Å². The molecule has 1 aromatic rings. The summed E-state index contributed by atoms with van der Waals surface area (Å²) in [6.45, 7) is 6.68. The van der Waals surface area contributed by atoms with E-state index in [4.69, 9.17) is 21.3 Å². The van der Waals surface area contributed by atoms with Gasteiger partial charge in [0, 0.05) is 37.8 Å². The van der Waals surface area contributed by atoms with Crippen LogP contribution in [0.15, 0.2) is 29.3 Å². The minimum Gasteiger partial charge on any atom is -0.373 e. The zero-order valence-corrected chi connectivity index (χ0v) is 18.5. The van der Waals surface area contributed by atoms with Crippen LogP contribution in [0.5, 0.6) is 0 Å². The van der Waals surface area contributed by atoms with Gasteiger partial charge in [0.2, 0.25) is 0 Å². The van der Waals surface area contributed by atoms with E-state index in [2.05, 4.69) is 18.7 Å². The molecule has 0 N–H and O–H groups in total. The molecular weight excluding hydrogens is 406 g/mol. The average molecular weight is 433 g/mol. The molecular formula is C21H27ClN5O3+. The van der Waals surface area contributed by atoms with Gasteiger partial charge in [-0.1, -0.05) is 29.8 Å². The zero-order chi connectivity index (χ0) is 21.6. The fourth-order valence-electron chi connectivity index (χ4n) is 4.38. The van der Waals surface area contributed by atoms with E-state index in [-0.39, 0.29) is 24.1 Å². The molecule has 160 valence electrons. The standard InChI is InChI=1S/C21H27ClN5O3/c1-13-9-26(10-14(2)30-13)12-17-23-19-18(20(28)25(4)21(29)24(19)3)27(17)11-15-7-5-6-8-16(15)22/h5-8,13-14,18H,9-12H2,1-4H3/q+1. The molecule has 8 nitrogen and oxygen atoms in total. The number of fused-ring (bicyclic) bond motifs is 1. The van der Waals surface area contributed by atoms with Gasteiger partial charge in [-0.15, -0.1) is 0 Å². The fourth-order valence-corrected chi connectivity index (χ4v) is 4.58. The van der Waals surface area contributed by atoms with Crippen LogP contribution in [-0.2, 0) is 16.1 Å². The molecule has 0 spiro atoms. The molecule has 3 unspecified atom stereocenters. The molecule has 3 aliphatic heterocycles. The Hall–Kier alpha value is -2.29. The van der Waals surface area contributed by atoms with Gasteiger partial charge in [0.15, 0.2) is 0 Å². The van der Waals surface area contributed by atoms with Gasteiger partial charge in [0.05, 0.1) is 12.2 Å². The first-order chi connectivity index (χ1) is 14.3. The molecule has 3 atom stereocenters. The molecule has 0 saturated carbocycles. The van der Waals surface area contributed by atoms with Crippen LogP contribution in [-0.4, -0.2) is 94.9 Å². The number of carbonyl (C=O) groups excluding carboxylic acids is 2. The highest BCUT2D eigenvalue weighted by atomic mass is 35.5. The van der Waals surface area contributed by atoms with Crippen molar-refractivity contribution in [2.75, 3.05) is 33.7 Å². The summed E-state index contributed by atoms with van der Waals surface area (Å²) in [4.78, 5) is 35.2. The van der Waals surface area contributed by atoms with Crippen LogP contribution in [0.25, 0.3) is 0 Å². The van der Waals surface area contributed by atoms with Crippen molar-refractivity contribution in [3.05, 3.63) is 34.9 Å². The number of imide groups is 1. The average Bonchev–Trinajstić information content (AvgIpc) is 3.04. The van der Waals surface area contributed by atoms with Gasteiger partial charge in [-0.05, 0) is 24.9 Å². The number of carbonyl (C=O) groups is 2. The Morgan fingerprint density at radius 3 is 2.47 bits per heavy atom. The van der Waals surface area contributed by atoms with Gasteiger partial charge in [-0.2, -0.15) is 0 Å². The molecule has 3 aliphatic rings. The number of amidine groups is 2. The van der Waals surface area contributed by atoms with Crippen molar-refractivity contribution in [1.29, 1.82) is 0 Å². The number of hydrogen-bond acceptors (Lipinski definition) is 5. The molecule has 30 heavy (non-hydrogen) atoms. The van der Waals surface area contributed by atoms with E-state index < -0.39 is 6.04 Å². The quantitative estimate of drug-likeness (QED) is 0.679. The number of likely N-dealkylation sites (N-methyl/N-ethyl adjacent to an activating group) is 2. The maximum Gasteiger partial charge on any atom is 0.333 e. The number of benzene rings is 1. The molecule has 3 amide bonds. The van der Waals surface area contributed by atoms with E-state index in [1.54, 1.807) is 7.05 Å². The summed E-state index contributed by atoms with van der Waals surface area (Å²) < 4.78 is 7.82. The number of halogens is 1. The molecule has 0 aromatic heterocycles. The van der Waals surface area contributed by atoms with Crippen LogP contribution < -0.4 is 0 Å². The van der Waals surface area contributed by atoms with Crippen molar-refractivity contribution < 1.29 is 18.9 Å². The molecule has 9 heteroatoms. The Labute approximate surface area is 181 Å². The third kappa shape index (κ3) is 3.75. The summed E-state index contributed by atoms with van der Waals surface area (Å²) in [6, 6.07) is 6.58.